The SMILES string of the molecule is COc1ccc(C(C)N2C(C)CCCC2C)c(O)c1. The van der Waals surface area contributed by atoms with Gasteiger partial charge in [-0.1, -0.05) is 12.5 Å². The van der Waals surface area contributed by atoms with Crippen LogP contribution >= 0.6 is 0 Å². The third-order valence-corrected chi connectivity index (χ3v) is 4.40. The molecule has 1 heterocycles. The largest absolute Gasteiger partial charge is 0.507 e. The molecule has 0 saturated carbocycles. The number of phenols is 1. The van der Waals surface area contributed by atoms with E-state index in [1.165, 1.54) is 19.3 Å². The lowest BCUT2D eigenvalue weighted by Gasteiger charge is -2.43. The number of benzene rings is 1. The minimum atomic E-state index is 0.233. The number of methoxy groups -OCH3 is 1. The van der Waals surface area contributed by atoms with E-state index >= 15 is 0 Å². The van der Waals surface area contributed by atoms with Crippen LogP contribution in [0.3, 0.4) is 0 Å². The van der Waals surface area contributed by atoms with Gasteiger partial charge in [0, 0.05) is 29.8 Å². The maximum Gasteiger partial charge on any atom is 0.124 e. The first-order chi connectivity index (χ1) is 9.04. The van der Waals surface area contributed by atoms with E-state index < -0.39 is 0 Å². The van der Waals surface area contributed by atoms with Gasteiger partial charge in [-0.25, -0.2) is 0 Å². The zero-order chi connectivity index (χ0) is 14.0. The summed E-state index contributed by atoms with van der Waals surface area (Å²) in [5, 5.41) is 10.2. The zero-order valence-electron chi connectivity index (χ0n) is 12.4. The molecule has 0 radical (unpaired) electrons. The lowest BCUT2D eigenvalue weighted by Crippen LogP contribution is -2.45. The first-order valence-corrected chi connectivity index (χ1v) is 7.19. The van der Waals surface area contributed by atoms with E-state index in [1.54, 1.807) is 13.2 Å². The van der Waals surface area contributed by atoms with Gasteiger partial charge >= 0.3 is 0 Å². The number of phenolic OH excluding ortho intramolecular Hbond substituents is 1. The fraction of sp³-hybridized carbons (Fsp3) is 0.625. The fourth-order valence-electron chi connectivity index (χ4n) is 3.37. The molecule has 2 rings (SSSR count). The smallest absolute Gasteiger partial charge is 0.124 e. The predicted octanol–water partition coefficient (Wildman–Crippen LogP) is 3.72. The summed E-state index contributed by atoms with van der Waals surface area (Å²) in [5.74, 6) is 1.03. The lowest BCUT2D eigenvalue weighted by molar-refractivity contribution is 0.0612. The molecule has 0 amide bonds. The molecule has 1 aliphatic rings. The summed E-state index contributed by atoms with van der Waals surface area (Å²) >= 11 is 0. The molecule has 3 heteroatoms. The van der Waals surface area contributed by atoms with Gasteiger partial charge in [-0.15, -0.1) is 0 Å². The van der Waals surface area contributed by atoms with Gasteiger partial charge in [0.05, 0.1) is 7.11 Å². The monoisotopic (exact) mass is 263 g/mol. The Bertz CT molecular complexity index is 423. The summed E-state index contributed by atoms with van der Waals surface area (Å²) in [6.07, 6.45) is 3.79. The van der Waals surface area contributed by atoms with Crippen molar-refractivity contribution in [1.82, 2.24) is 4.90 Å². The number of hydrogen-bond acceptors (Lipinski definition) is 3. The van der Waals surface area contributed by atoms with Gasteiger partial charge in [0.25, 0.3) is 0 Å². The maximum atomic E-state index is 10.2. The van der Waals surface area contributed by atoms with Gasteiger partial charge in [0.1, 0.15) is 11.5 Å². The Morgan fingerprint density at radius 3 is 2.42 bits per heavy atom. The third kappa shape index (κ3) is 2.86. The number of likely N-dealkylation sites (tertiary alicyclic amines) is 1. The summed E-state index contributed by atoms with van der Waals surface area (Å²) in [7, 11) is 1.62. The average molecular weight is 263 g/mol. The minimum absolute atomic E-state index is 0.233. The quantitative estimate of drug-likeness (QED) is 0.902. The van der Waals surface area contributed by atoms with E-state index in [9.17, 15) is 5.11 Å². The number of hydrogen-bond donors (Lipinski definition) is 1. The standard InChI is InChI=1S/C16H25NO2/c1-11-6-5-7-12(2)17(11)13(3)15-9-8-14(19-4)10-16(15)18/h8-13,18H,5-7H2,1-4H3. The maximum absolute atomic E-state index is 10.2. The fourth-order valence-corrected chi connectivity index (χ4v) is 3.37. The Hall–Kier alpha value is -1.22. The Labute approximate surface area is 116 Å². The number of aromatic hydroxyl groups is 1. The number of nitrogens with zero attached hydrogens (tertiary/aromatic N) is 1. The molecule has 0 aliphatic carbocycles. The molecular weight excluding hydrogens is 238 g/mol. The Kier molecular flexibility index (Phi) is 4.35. The van der Waals surface area contributed by atoms with Gasteiger partial charge < -0.3 is 9.84 Å². The molecule has 3 nitrogen and oxygen atoms in total. The van der Waals surface area contributed by atoms with Gasteiger partial charge in [-0.2, -0.15) is 0 Å². The molecule has 1 aromatic carbocycles. The van der Waals surface area contributed by atoms with Crippen molar-refractivity contribution >= 4 is 0 Å². The van der Waals surface area contributed by atoms with Crippen LogP contribution in [0.15, 0.2) is 18.2 Å². The summed E-state index contributed by atoms with van der Waals surface area (Å²) < 4.78 is 5.14. The number of piperidine rings is 1. The van der Waals surface area contributed by atoms with Crippen LogP contribution in [0.5, 0.6) is 11.5 Å². The van der Waals surface area contributed by atoms with Crippen molar-refractivity contribution in [3.63, 3.8) is 0 Å². The molecule has 0 aromatic heterocycles. The molecule has 1 aromatic rings. The molecule has 1 N–H and O–H groups in total. The summed E-state index contributed by atoms with van der Waals surface area (Å²) in [6, 6.07) is 6.97. The highest BCUT2D eigenvalue weighted by Gasteiger charge is 2.30. The van der Waals surface area contributed by atoms with E-state index in [1.807, 2.05) is 12.1 Å². The second-order valence-corrected chi connectivity index (χ2v) is 5.68. The van der Waals surface area contributed by atoms with Crippen LogP contribution < -0.4 is 4.74 Å². The van der Waals surface area contributed by atoms with Gasteiger partial charge in [-0.05, 0) is 39.7 Å². The molecule has 106 valence electrons. The number of rotatable bonds is 3. The molecule has 1 aliphatic heterocycles. The number of ether oxygens (including phenoxy) is 1. The van der Waals surface area contributed by atoms with Gasteiger partial charge in [-0.3, -0.25) is 4.90 Å². The van der Waals surface area contributed by atoms with Crippen LogP contribution in [-0.4, -0.2) is 29.2 Å². The molecule has 0 spiro atoms. The van der Waals surface area contributed by atoms with Crippen LogP contribution in [0.4, 0.5) is 0 Å². The van der Waals surface area contributed by atoms with Crippen molar-refractivity contribution in [2.75, 3.05) is 7.11 Å². The first kappa shape index (κ1) is 14.2. The van der Waals surface area contributed by atoms with Crippen molar-refractivity contribution in [3.8, 4) is 11.5 Å². The van der Waals surface area contributed by atoms with E-state index in [-0.39, 0.29) is 6.04 Å². The Balaban J connectivity index is 2.25. The summed E-state index contributed by atoms with van der Waals surface area (Å²) in [4.78, 5) is 2.52. The Morgan fingerprint density at radius 2 is 1.89 bits per heavy atom. The van der Waals surface area contributed by atoms with Gasteiger partial charge in [0.2, 0.25) is 0 Å². The van der Waals surface area contributed by atoms with Crippen molar-refractivity contribution in [3.05, 3.63) is 23.8 Å². The predicted molar refractivity (Wildman–Crippen MR) is 77.7 cm³/mol. The van der Waals surface area contributed by atoms with Crippen LogP contribution in [0.25, 0.3) is 0 Å². The molecular formula is C16H25NO2. The molecule has 0 bridgehead atoms. The minimum Gasteiger partial charge on any atom is -0.507 e. The molecule has 1 fully saturated rings. The van der Waals surface area contributed by atoms with E-state index in [4.69, 9.17) is 4.74 Å². The van der Waals surface area contributed by atoms with Crippen molar-refractivity contribution < 1.29 is 9.84 Å². The third-order valence-electron chi connectivity index (χ3n) is 4.40. The highest BCUT2D eigenvalue weighted by Crippen LogP contribution is 2.36. The van der Waals surface area contributed by atoms with E-state index in [0.717, 1.165) is 5.56 Å². The first-order valence-electron chi connectivity index (χ1n) is 7.19. The lowest BCUT2D eigenvalue weighted by atomic mass is 9.93. The van der Waals surface area contributed by atoms with E-state index in [0.29, 0.717) is 23.6 Å². The average Bonchev–Trinajstić information content (AvgIpc) is 2.38. The second-order valence-electron chi connectivity index (χ2n) is 5.68. The zero-order valence-corrected chi connectivity index (χ0v) is 12.4. The van der Waals surface area contributed by atoms with Gasteiger partial charge in [0.15, 0.2) is 0 Å². The summed E-state index contributed by atoms with van der Waals surface area (Å²) in [6.45, 7) is 6.75. The summed E-state index contributed by atoms with van der Waals surface area (Å²) in [5.41, 5.74) is 0.987. The van der Waals surface area contributed by atoms with Crippen LogP contribution in [-0.2, 0) is 0 Å². The topological polar surface area (TPSA) is 32.7 Å². The molecule has 19 heavy (non-hydrogen) atoms. The second kappa shape index (κ2) is 5.83. The van der Waals surface area contributed by atoms with Crippen LogP contribution in [0.2, 0.25) is 0 Å². The Morgan fingerprint density at radius 1 is 1.26 bits per heavy atom. The normalized spacial score (nSPS) is 26.1. The van der Waals surface area contributed by atoms with Crippen molar-refractivity contribution in [2.45, 2.75) is 58.2 Å². The van der Waals surface area contributed by atoms with Crippen molar-refractivity contribution in [2.24, 2.45) is 0 Å². The highest BCUT2D eigenvalue weighted by molar-refractivity contribution is 5.41. The molecule has 3 unspecified atom stereocenters. The van der Waals surface area contributed by atoms with Crippen LogP contribution in [0.1, 0.15) is 51.6 Å². The molecule has 3 atom stereocenters. The van der Waals surface area contributed by atoms with Crippen LogP contribution in [0, 0.1) is 0 Å². The molecule has 1 saturated heterocycles. The van der Waals surface area contributed by atoms with E-state index in [2.05, 4.69) is 25.7 Å². The van der Waals surface area contributed by atoms with Crippen molar-refractivity contribution in [1.29, 1.82) is 0 Å². The highest BCUT2D eigenvalue weighted by atomic mass is 16.5.